The second-order valence-corrected chi connectivity index (χ2v) is 11.0. The Bertz CT molecular complexity index is 1390. The third-order valence-corrected chi connectivity index (χ3v) is 7.51. The molecule has 216 valence electrons. The predicted molar refractivity (Wildman–Crippen MR) is 156 cm³/mol. The summed E-state index contributed by atoms with van der Waals surface area (Å²) in [6.07, 6.45) is -0.605. The van der Waals surface area contributed by atoms with Crippen LogP contribution in [0.15, 0.2) is 77.3 Å². The molecule has 3 aromatic rings. The minimum atomic E-state index is -0.916. The van der Waals surface area contributed by atoms with Gasteiger partial charge in [0.1, 0.15) is 23.8 Å². The summed E-state index contributed by atoms with van der Waals surface area (Å²) in [4.78, 5) is 43.9. The molecule has 0 bridgehead atoms. The average molecular weight is 627 g/mol. The standard InChI is InChI=1S/C30H33BrFN5O4/c1-20-36(28(39)19-35(3)37(20)30(41)33-17-22-7-11-25(32)12-8-22)27(16-21-9-13-26(38)14-10-21)29(40)34(2)18-23-5-4-6-24(31)15-23/h4-15,20,27,38H,16-19H2,1-3H3,(H,33,41)/t20-,27-/m0/s1. The predicted octanol–water partition coefficient (Wildman–Crippen LogP) is 4.11. The first-order chi connectivity index (χ1) is 19.5. The van der Waals surface area contributed by atoms with Crippen molar-refractivity contribution in [1.29, 1.82) is 0 Å². The van der Waals surface area contributed by atoms with Crippen LogP contribution in [0.25, 0.3) is 0 Å². The molecule has 0 aliphatic carbocycles. The van der Waals surface area contributed by atoms with Gasteiger partial charge in [-0.05, 0) is 60.0 Å². The van der Waals surface area contributed by atoms with Crippen LogP contribution >= 0.6 is 15.9 Å². The monoisotopic (exact) mass is 625 g/mol. The van der Waals surface area contributed by atoms with E-state index in [4.69, 9.17) is 0 Å². The fourth-order valence-electron chi connectivity index (χ4n) is 4.99. The minimum Gasteiger partial charge on any atom is -0.508 e. The topological polar surface area (TPSA) is 96.4 Å². The molecule has 2 atom stereocenters. The molecule has 1 fully saturated rings. The fraction of sp³-hybridized carbons (Fsp3) is 0.300. The number of benzene rings is 3. The molecule has 9 nitrogen and oxygen atoms in total. The lowest BCUT2D eigenvalue weighted by atomic mass is 10.0. The number of phenols is 1. The Morgan fingerprint density at radius 2 is 1.73 bits per heavy atom. The number of halogens is 2. The maximum Gasteiger partial charge on any atom is 0.334 e. The van der Waals surface area contributed by atoms with Crippen LogP contribution in [-0.4, -0.2) is 75.6 Å². The molecular weight excluding hydrogens is 593 g/mol. The van der Waals surface area contributed by atoms with Gasteiger partial charge in [0.25, 0.3) is 0 Å². The number of nitrogens with zero attached hydrogens (tertiary/aromatic N) is 4. The van der Waals surface area contributed by atoms with Gasteiger partial charge in [0.2, 0.25) is 11.8 Å². The molecule has 1 heterocycles. The first-order valence-electron chi connectivity index (χ1n) is 13.1. The summed E-state index contributed by atoms with van der Waals surface area (Å²) in [6.45, 7) is 2.08. The zero-order chi connectivity index (χ0) is 29.7. The Hall–Kier alpha value is -3.96. The number of aromatic hydroxyl groups is 1. The number of likely N-dealkylation sites (N-methyl/N-ethyl adjacent to an activating group) is 2. The van der Waals surface area contributed by atoms with E-state index in [0.717, 1.165) is 21.2 Å². The lowest BCUT2D eigenvalue weighted by molar-refractivity contribution is -0.171. The van der Waals surface area contributed by atoms with Crippen molar-refractivity contribution in [3.8, 4) is 5.75 Å². The van der Waals surface area contributed by atoms with Gasteiger partial charge in [0.05, 0.1) is 6.54 Å². The zero-order valence-electron chi connectivity index (χ0n) is 23.1. The third kappa shape index (κ3) is 7.42. The highest BCUT2D eigenvalue weighted by atomic mass is 79.9. The zero-order valence-corrected chi connectivity index (χ0v) is 24.7. The molecular formula is C30H33BrFN5O4. The number of carbonyl (C=O) groups is 3. The summed E-state index contributed by atoms with van der Waals surface area (Å²) in [5, 5.41) is 15.5. The summed E-state index contributed by atoms with van der Waals surface area (Å²) in [5.74, 6) is -0.852. The average Bonchev–Trinajstić information content (AvgIpc) is 2.92. The Balaban J connectivity index is 1.59. The number of phenolic OH excluding ortho intramolecular Hbond substituents is 1. The Kier molecular flexibility index (Phi) is 9.61. The van der Waals surface area contributed by atoms with Crippen molar-refractivity contribution in [2.24, 2.45) is 0 Å². The molecule has 1 aliphatic heterocycles. The van der Waals surface area contributed by atoms with Crippen molar-refractivity contribution < 1.29 is 23.9 Å². The van der Waals surface area contributed by atoms with Gasteiger partial charge in [-0.2, -0.15) is 0 Å². The van der Waals surface area contributed by atoms with Crippen LogP contribution in [-0.2, 0) is 29.1 Å². The van der Waals surface area contributed by atoms with Gasteiger partial charge in [0.15, 0.2) is 0 Å². The first-order valence-corrected chi connectivity index (χ1v) is 13.9. The van der Waals surface area contributed by atoms with E-state index < -0.39 is 18.2 Å². The molecule has 41 heavy (non-hydrogen) atoms. The van der Waals surface area contributed by atoms with Crippen molar-refractivity contribution in [2.45, 2.75) is 38.6 Å². The Morgan fingerprint density at radius 3 is 2.39 bits per heavy atom. The lowest BCUT2D eigenvalue weighted by Gasteiger charge is -2.49. The van der Waals surface area contributed by atoms with Gasteiger partial charge in [-0.3, -0.25) is 9.59 Å². The van der Waals surface area contributed by atoms with Crippen LogP contribution in [0.5, 0.6) is 5.75 Å². The SMILES string of the molecule is C[C@H]1N([C@@H](Cc2ccc(O)cc2)C(=O)N(C)Cc2cccc(Br)c2)C(=O)CN(C)N1C(=O)NCc1ccc(F)cc1. The highest BCUT2D eigenvalue weighted by Crippen LogP contribution is 2.24. The molecule has 0 saturated carbocycles. The maximum absolute atomic E-state index is 14.0. The van der Waals surface area contributed by atoms with Crippen LogP contribution in [0.3, 0.4) is 0 Å². The molecule has 2 N–H and O–H groups in total. The van der Waals surface area contributed by atoms with Gasteiger partial charge in [-0.25, -0.2) is 19.2 Å². The molecule has 3 aromatic carbocycles. The number of hydrogen-bond acceptors (Lipinski definition) is 5. The van der Waals surface area contributed by atoms with E-state index in [2.05, 4.69) is 21.2 Å². The Morgan fingerprint density at radius 1 is 1.07 bits per heavy atom. The quantitative estimate of drug-likeness (QED) is 0.393. The van der Waals surface area contributed by atoms with Crippen molar-refractivity contribution in [3.05, 3.63) is 99.8 Å². The number of amides is 4. The highest BCUT2D eigenvalue weighted by molar-refractivity contribution is 9.10. The van der Waals surface area contributed by atoms with Gasteiger partial charge in [-0.15, -0.1) is 0 Å². The van der Waals surface area contributed by atoms with E-state index in [1.54, 1.807) is 50.2 Å². The summed E-state index contributed by atoms with van der Waals surface area (Å²) >= 11 is 3.46. The van der Waals surface area contributed by atoms with Crippen molar-refractivity contribution in [2.75, 3.05) is 20.6 Å². The molecule has 4 amide bonds. The normalized spacial score (nSPS) is 16.4. The van der Waals surface area contributed by atoms with Crippen LogP contribution in [0.1, 0.15) is 23.6 Å². The van der Waals surface area contributed by atoms with Crippen molar-refractivity contribution in [3.63, 3.8) is 0 Å². The largest absolute Gasteiger partial charge is 0.508 e. The third-order valence-electron chi connectivity index (χ3n) is 7.01. The smallest absolute Gasteiger partial charge is 0.334 e. The molecule has 0 radical (unpaired) electrons. The van der Waals surface area contributed by atoms with E-state index in [1.165, 1.54) is 39.2 Å². The summed E-state index contributed by atoms with van der Waals surface area (Å²) in [7, 11) is 3.32. The Labute approximate surface area is 247 Å². The number of nitrogens with one attached hydrogen (secondary N) is 1. The second-order valence-electron chi connectivity index (χ2n) is 10.1. The van der Waals surface area contributed by atoms with Gasteiger partial charge >= 0.3 is 6.03 Å². The number of hydrogen-bond donors (Lipinski definition) is 2. The summed E-state index contributed by atoms with van der Waals surface area (Å²) in [5.41, 5.74) is 2.39. The number of carbonyl (C=O) groups excluding carboxylic acids is 3. The molecule has 1 aliphatic rings. The van der Waals surface area contributed by atoms with Crippen molar-refractivity contribution >= 4 is 33.8 Å². The molecule has 11 heteroatoms. The van der Waals surface area contributed by atoms with Crippen molar-refractivity contribution in [1.82, 2.24) is 25.1 Å². The highest BCUT2D eigenvalue weighted by Gasteiger charge is 2.44. The van der Waals surface area contributed by atoms with E-state index in [0.29, 0.717) is 6.54 Å². The number of hydrazine groups is 1. The maximum atomic E-state index is 14.0. The van der Waals surface area contributed by atoms with Gasteiger partial charge in [-0.1, -0.05) is 52.3 Å². The van der Waals surface area contributed by atoms with Crippen LogP contribution in [0.2, 0.25) is 0 Å². The van der Waals surface area contributed by atoms with E-state index in [1.807, 2.05) is 24.3 Å². The fourth-order valence-corrected chi connectivity index (χ4v) is 5.43. The number of urea groups is 1. The van der Waals surface area contributed by atoms with Gasteiger partial charge in [0, 0.05) is 38.1 Å². The lowest BCUT2D eigenvalue weighted by Crippen LogP contribution is -2.69. The van der Waals surface area contributed by atoms with Crippen LogP contribution in [0, 0.1) is 5.82 Å². The van der Waals surface area contributed by atoms with Gasteiger partial charge < -0.3 is 20.2 Å². The molecule has 4 rings (SSSR count). The first kappa shape index (κ1) is 30.0. The van der Waals surface area contributed by atoms with E-state index >= 15 is 0 Å². The van der Waals surface area contributed by atoms with Crippen LogP contribution < -0.4 is 5.32 Å². The molecule has 0 aromatic heterocycles. The molecule has 0 unspecified atom stereocenters. The van der Waals surface area contributed by atoms with E-state index in [-0.39, 0.29) is 42.9 Å². The molecule has 0 spiro atoms. The van der Waals surface area contributed by atoms with Crippen LogP contribution in [0.4, 0.5) is 9.18 Å². The van der Waals surface area contributed by atoms with E-state index in [9.17, 15) is 23.9 Å². The molecule has 1 saturated heterocycles. The second kappa shape index (κ2) is 13.1. The number of rotatable bonds is 8. The summed E-state index contributed by atoms with van der Waals surface area (Å²) < 4.78 is 14.2. The minimum absolute atomic E-state index is 0.0939. The summed E-state index contributed by atoms with van der Waals surface area (Å²) in [6, 6.07) is 18.6.